The van der Waals surface area contributed by atoms with E-state index in [-0.39, 0.29) is 18.3 Å². The summed E-state index contributed by atoms with van der Waals surface area (Å²) in [6, 6.07) is 18.3. The molecule has 1 amide bonds. The van der Waals surface area contributed by atoms with E-state index < -0.39 is 5.41 Å². The van der Waals surface area contributed by atoms with Gasteiger partial charge in [0.05, 0.1) is 30.9 Å². The number of morpholine rings is 1. The predicted octanol–water partition coefficient (Wildman–Crippen LogP) is 3.31. The van der Waals surface area contributed by atoms with Gasteiger partial charge in [0, 0.05) is 30.8 Å². The molecular weight excluding hydrogens is 386 g/mol. The van der Waals surface area contributed by atoms with Gasteiger partial charge in [-0.25, -0.2) is 5.01 Å². The monoisotopic (exact) mass is 413 g/mol. The van der Waals surface area contributed by atoms with Crippen LogP contribution in [0, 0.1) is 0 Å². The summed E-state index contributed by atoms with van der Waals surface area (Å²) < 4.78 is 5.43. The van der Waals surface area contributed by atoms with Gasteiger partial charge in [0.1, 0.15) is 0 Å². The van der Waals surface area contributed by atoms with E-state index in [1.54, 1.807) is 5.01 Å². The summed E-state index contributed by atoms with van der Waals surface area (Å²) >= 11 is 0. The number of amides is 1. The molecule has 0 atom stereocenters. The highest BCUT2D eigenvalue weighted by Gasteiger charge is 2.39. The van der Waals surface area contributed by atoms with Crippen LogP contribution in [0.15, 0.2) is 59.7 Å². The van der Waals surface area contributed by atoms with Crippen molar-refractivity contribution in [2.45, 2.75) is 19.3 Å². The van der Waals surface area contributed by atoms with Crippen LogP contribution in [0.4, 0.5) is 0 Å². The minimum Gasteiger partial charge on any atom is -0.379 e. The molecule has 0 saturated carbocycles. The molecule has 1 fully saturated rings. The zero-order valence-corrected chi connectivity index (χ0v) is 17.8. The van der Waals surface area contributed by atoms with Gasteiger partial charge in [-0.05, 0) is 19.4 Å². The number of carbonyl (C=O) groups excluding carboxylic acids is 1. The molecule has 0 bridgehead atoms. The molecule has 0 aliphatic carbocycles. The van der Waals surface area contributed by atoms with Crippen LogP contribution in [0.2, 0.25) is 0 Å². The Balaban J connectivity index is 0.00000240. The van der Waals surface area contributed by atoms with Crippen molar-refractivity contribution >= 4 is 24.0 Å². The highest BCUT2D eigenvalue weighted by molar-refractivity contribution is 6.15. The zero-order chi connectivity index (χ0) is 19.6. The second-order valence-electron chi connectivity index (χ2n) is 7.87. The number of benzene rings is 2. The summed E-state index contributed by atoms with van der Waals surface area (Å²) in [5, 5.41) is 6.57. The van der Waals surface area contributed by atoms with Gasteiger partial charge >= 0.3 is 0 Å². The van der Waals surface area contributed by atoms with Crippen molar-refractivity contribution in [1.82, 2.24) is 9.91 Å². The first-order valence-corrected chi connectivity index (χ1v) is 9.93. The summed E-state index contributed by atoms with van der Waals surface area (Å²) in [4.78, 5) is 15.8. The Hall–Kier alpha value is -2.21. The fraction of sp³-hybridized carbons (Fsp3) is 0.391. The van der Waals surface area contributed by atoms with Crippen molar-refractivity contribution in [3.8, 4) is 0 Å². The number of hydrazone groups is 1. The first-order valence-electron chi connectivity index (χ1n) is 9.93. The second-order valence-corrected chi connectivity index (χ2v) is 7.87. The lowest BCUT2D eigenvalue weighted by Gasteiger charge is -2.31. The Kier molecular flexibility index (Phi) is 6.73. The first-order chi connectivity index (χ1) is 13.6. The fourth-order valence-corrected chi connectivity index (χ4v) is 3.91. The van der Waals surface area contributed by atoms with Gasteiger partial charge in [-0.3, -0.25) is 9.69 Å². The van der Waals surface area contributed by atoms with Gasteiger partial charge in [-0.1, -0.05) is 54.6 Å². The average molecular weight is 414 g/mol. The van der Waals surface area contributed by atoms with Crippen LogP contribution in [0.25, 0.3) is 0 Å². The maximum atomic E-state index is 13.5. The van der Waals surface area contributed by atoms with Crippen LogP contribution in [0.1, 0.15) is 30.5 Å². The van der Waals surface area contributed by atoms with Crippen molar-refractivity contribution in [3.63, 3.8) is 0 Å². The van der Waals surface area contributed by atoms with Crippen LogP contribution in [-0.2, 0) is 14.9 Å². The third kappa shape index (κ3) is 4.37. The van der Waals surface area contributed by atoms with E-state index in [0.29, 0.717) is 6.54 Å². The summed E-state index contributed by atoms with van der Waals surface area (Å²) in [5.41, 5.74) is 3.30. The Bertz CT molecular complexity index is 877. The molecule has 2 aliphatic rings. The third-order valence-electron chi connectivity index (χ3n) is 5.62. The fourth-order valence-electron chi connectivity index (χ4n) is 3.91. The molecule has 0 spiro atoms. The Morgan fingerprint density at radius 3 is 2.34 bits per heavy atom. The van der Waals surface area contributed by atoms with Crippen molar-refractivity contribution in [3.05, 3.63) is 71.3 Å². The van der Waals surface area contributed by atoms with Crippen molar-refractivity contribution in [2.75, 3.05) is 39.4 Å². The number of nitrogens with zero attached hydrogens (tertiary/aromatic N) is 3. The van der Waals surface area contributed by atoms with Crippen LogP contribution in [0.3, 0.4) is 0 Å². The molecule has 0 unspecified atom stereocenters. The lowest BCUT2D eigenvalue weighted by Crippen LogP contribution is -2.45. The number of rotatable bonds is 4. The van der Waals surface area contributed by atoms with Crippen LogP contribution >= 0.6 is 12.4 Å². The maximum Gasteiger partial charge on any atom is 0.252 e. The second kappa shape index (κ2) is 9.08. The number of carbonyl (C=O) groups is 1. The molecule has 4 rings (SSSR count). The van der Waals surface area contributed by atoms with Gasteiger partial charge in [-0.15, -0.1) is 12.4 Å². The molecule has 0 aromatic heterocycles. The molecule has 6 heteroatoms. The third-order valence-corrected chi connectivity index (χ3v) is 5.62. The molecule has 1 saturated heterocycles. The van der Waals surface area contributed by atoms with Crippen molar-refractivity contribution in [2.24, 2.45) is 5.10 Å². The smallest absolute Gasteiger partial charge is 0.252 e. The Morgan fingerprint density at radius 2 is 1.62 bits per heavy atom. The van der Waals surface area contributed by atoms with Gasteiger partial charge in [-0.2, -0.15) is 5.10 Å². The highest BCUT2D eigenvalue weighted by Crippen LogP contribution is 2.33. The number of ether oxygens (including phenoxy) is 1. The number of fused-ring (bicyclic) bond motifs is 1. The summed E-state index contributed by atoms with van der Waals surface area (Å²) in [7, 11) is 0. The molecular formula is C23H28ClN3O2. The lowest BCUT2D eigenvalue weighted by molar-refractivity contribution is -0.136. The Labute approximate surface area is 178 Å². The van der Waals surface area contributed by atoms with Gasteiger partial charge in [0.15, 0.2) is 0 Å². The standard InChI is InChI=1S/C23H27N3O2.ClH/c1-23(2)20-11-7-6-10-19(20)21(18-8-4-3-5-9-18)24-26(22(23)27)13-12-25-14-16-28-17-15-25;/h3-11H,12-17H2,1-2H3;1H. The van der Waals surface area contributed by atoms with E-state index in [1.807, 2.05) is 44.2 Å². The topological polar surface area (TPSA) is 45.1 Å². The van der Waals surface area contributed by atoms with Crippen LogP contribution in [-0.4, -0.2) is 60.9 Å². The molecule has 2 aromatic carbocycles. The first kappa shape index (κ1) is 21.5. The van der Waals surface area contributed by atoms with E-state index in [0.717, 1.165) is 55.3 Å². The number of halogens is 1. The quantitative estimate of drug-likeness (QED) is 0.772. The molecule has 154 valence electrons. The van der Waals surface area contributed by atoms with E-state index in [4.69, 9.17) is 9.84 Å². The van der Waals surface area contributed by atoms with Gasteiger partial charge < -0.3 is 4.74 Å². The summed E-state index contributed by atoms with van der Waals surface area (Å²) in [6.45, 7) is 8.69. The molecule has 29 heavy (non-hydrogen) atoms. The number of hydrogen-bond donors (Lipinski definition) is 0. The maximum absolute atomic E-state index is 13.5. The molecule has 2 heterocycles. The molecule has 2 aromatic rings. The largest absolute Gasteiger partial charge is 0.379 e. The normalized spacial score (nSPS) is 19.0. The van der Waals surface area contributed by atoms with Crippen molar-refractivity contribution in [1.29, 1.82) is 0 Å². The van der Waals surface area contributed by atoms with E-state index >= 15 is 0 Å². The van der Waals surface area contributed by atoms with Crippen molar-refractivity contribution < 1.29 is 9.53 Å². The van der Waals surface area contributed by atoms with E-state index in [1.165, 1.54) is 0 Å². The minimum absolute atomic E-state index is 0. The van der Waals surface area contributed by atoms with E-state index in [9.17, 15) is 4.79 Å². The number of hydrogen-bond acceptors (Lipinski definition) is 4. The SMILES string of the molecule is CC1(C)C(=O)N(CCN2CCOCC2)N=C(c2ccccc2)c2ccccc21.Cl. The predicted molar refractivity (Wildman–Crippen MR) is 118 cm³/mol. The van der Waals surface area contributed by atoms with Crippen LogP contribution < -0.4 is 0 Å². The zero-order valence-electron chi connectivity index (χ0n) is 17.0. The van der Waals surface area contributed by atoms with Gasteiger partial charge in [0.2, 0.25) is 0 Å². The highest BCUT2D eigenvalue weighted by atomic mass is 35.5. The van der Waals surface area contributed by atoms with E-state index in [2.05, 4.69) is 29.2 Å². The molecule has 0 radical (unpaired) electrons. The Morgan fingerprint density at radius 1 is 0.966 bits per heavy atom. The minimum atomic E-state index is -0.637. The van der Waals surface area contributed by atoms with Gasteiger partial charge in [0.25, 0.3) is 5.91 Å². The average Bonchev–Trinajstić information content (AvgIpc) is 2.82. The summed E-state index contributed by atoms with van der Waals surface area (Å²) in [6.07, 6.45) is 0. The molecule has 0 N–H and O–H groups in total. The lowest BCUT2D eigenvalue weighted by atomic mass is 9.79. The van der Waals surface area contributed by atoms with Crippen LogP contribution in [0.5, 0.6) is 0 Å². The molecule has 2 aliphatic heterocycles. The molecule has 5 nitrogen and oxygen atoms in total. The summed E-state index contributed by atoms with van der Waals surface area (Å²) in [5.74, 6) is 0.0409.